The average molecular weight is 287 g/mol. The molecular weight excluding hydrogens is 270 g/mol. The van der Waals surface area contributed by atoms with Crippen molar-refractivity contribution in [3.8, 4) is 0 Å². The molecule has 0 aliphatic rings. The molecule has 5 heteroatoms. The van der Waals surface area contributed by atoms with Gasteiger partial charge in [-0.25, -0.2) is 0 Å². The van der Waals surface area contributed by atoms with Gasteiger partial charge in [-0.2, -0.15) is 0 Å². The molecule has 0 spiro atoms. The fraction of sp³-hybridized carbons (Fsp3) is 0.188. The Bertz CT molecular complexity index is 627. The third kappa shape index (κ3) is 3.28. The molecule has 0 radical (unpaired) electrons. The highest BCUT2D eigenvalue weighted by Crippen LogP contribution is 2.24. The van der Waals surface area contributed by atoms with Gasteiger partial charge in [0.2, 0.25) is 0 Å². The van der Waals surface area contributed by atoms with Crippen molar-refractivity contribution in [3.05, 3.63) is 65.2 Å². The number of nitrogen functional groups attached to an aromatic ring is 1. The molecule has 2 aromatic rings. The molecule has 110 valence electrons. The van der Waals surface area contributed by atoms with Crippen molar-refractivity contribution in [2.45, 2.75) is 12.2 Å². The Balaban J connectivity index is 2.38. The van der Waals surface area contributed by atoms with Gasteiger partial charge in [-0.3, -0.25) is 4.79 Å². The zero-order valence-electron chi connectivity index (χ0n) is 11.3. The number of carbonyl (C=O) groups excluding carboxylic acids is 1. The fourth-order valence-electron chi connectivity index (χ4n) is 2.02. The molecule has 5 N–H and O–H groups in total. The molecule has 0 aliphatic heterocycles. The summed E-state index contributed by atoms with van der Waals surface area (Å²) < 4.78 is 0. The first-order valence-electron chi connectivity index (χ1n) is 6.50. The maximum absolute atomic E-state index is 12.4. The van der Waals surface area contributed by atoms with Crippen molar-refractivity contribution < 1.29 is 20.1 Å². The number of hydrogen-bond acceptors (Lipinski definition) is 5. The smallest absolute Gasteiger partial charge is 0.195 e. The van der Waals surface area contributed by atoms with Gasteiger partial charge in [-0.15, -0.1) is 0 Å². The Morgan fingerprint density at radius 3 is 2.38 bits per heavy atom. The topological polar surface area (TPSA) is 104 Å². The second-order valence-electron chi connectivity index (χ2n) is 4.74. The Kier molecular flexibility index (Phi) is 4.70. The van der Waals surface area contributed by atoms with Crippen LogP contribution in [0.4, 0.5) is 5.69 Å². The van der Waals surface area contributed by atoms with E-state index in [-0.39, 0.29) is 11.3 Å². The number of hydrogen-bond donors (Lipinski definition) is 4. The second kappa shape index (κ2) is 6.49. The minimum Gasteiger partial charge on any atom is -0.398 e. The highest BCUT2D eigenvalue weighted by molar-refractivity contribution is 6.12. The summed E-state index contributed by atoms with van der Waals surface area (Å²) in [6, 6.07) is 13.1. The van der Waals surface area contributed by atoms with Crippen LogP contribution in [-0.2, 0) is 0 Å². The minimum absolute atomic E-state index is 0.253. The van der Waals surface area contributed by atoms with E-state index in [1.807, 2.05) is 0 Å². The fourth-order valence-corrected chi connectivity index (χ4v) is 2.02. The van der Waals surface area contributed by atoms with Crippen LogP contribution in [-0.4, -0.2) is 33.8 Å². The van der Waals surface area contributed by atoms with Crippen molar-refractivity contribution >= 4 is 11.5 Å². The average Bonchev–Trinajstić information content (AvgIpc) is 2.54. The van der Waals surface area contributed by atoms with Crippen LogP contribution in [0.3, 0.4) is 0 Å². The van der Waals surface area contributed by atoms with E-state index < -0.39 is 18.8 Å². The molecule has 0 amide bonds. The summed E-state index contributed by atoms with van der Waals surface area (Å²) in [5, 5.41) is 28.3. The highest BCUT2D eigenvalue weighted by Gasteiger charge is 2.20. The van der Waals surface area contributed by atoms with E-state index >= 15 is 0 Å². The summed E-state index contributed by atoms with van der Waals surface area (Å²) in [6.07, 6.45) is -2.59. The first-order chi connectivity index (χ1) is 10.0. The number of nitrogens with two attached hydrogens (primary N) is 1. The van der Waals surface area contributed by atoms with Gasteiger partial charge >= 0.3 is 0 Å². The van der Waals surface area contributed by atoms with Gasteiger partial charge in [0.25, 0.3) is 0 Å². The van der Waals surface area contributed by atoms with E-state index in [1.165, 1.54) is 18.2 Å². The van der Waals surface area contributed by atoms with Crippen LogP contribution < -0.4 is 5.73 Å². The van der Waals surface area contributed by atoms with E-state index in [0.717, 1.165) is 0 Å². The Morgan fingerprint density at radius 1 is 1.10 bits per heavy atom. The first-order valence-corrected chi connectivity index (χ1v) is 6.50. The molecule has 0 bridgehead atoms. The van der Waals surface area contributed by atoms with Crippen LogP contribution in [0.15, 0.2) is 48.5 Å². The second-order valence-corrected chi connectivity index (χ2v) is 4.74. The molecule has 2 unspecified atom stereocenters. The standard InChI is InChI=1S/C16H17NO4/c17-13-7-6-11(16(21)14(19)9-18)8-12(13)15(20)10-4-2-1-3-5-10/h1-8,14,16,18-19,21H,9,17H2. The van der Waals surface area contributed by atoms with Gasteiger partial charge in [0.05, 0.1) is 6.61 Å². The summed E-state index contributed by atoms with van der Waals surface area (Å²) in [5.74, 6) is -0.263. The van der Waals surface area contributed by atoms with E-state index in [9.17, 15) is 15.0 Å². The molecule has 2 aromatic carbocycles. The summed E-state index contributed by atoms with van der Waals surface area (Å²) >= 11 is 0. The molecule has 2 rings (SSSR count). The predicted octanol–water partition coefficient (Wildman–Crippen LogP) is 0.886. The number of carbonyl (C=O) groups is 1. The summed E-state index contributed by atoms with van der Waals surface area (Å²) in [5.41, 5.74) is 7.17. The third-order valence-corrected chi connectivity index (χ3v) is 3.25. The predicted molar refractivity (Wildman–Crippen MR) is 78.8 cm³/mol. The Morgan fingerprint density at radius 2 is 1.76 bits per heavy atom. The van der Waals surface area contributed by atoms with E-state index in [4.69, 9.17) is 10.8 Å². The van der Waals surface area contributed by atoms with E-state index in [2.05, 4.69) is 0 Å². The van der Waals surface area contributed by atoms with Crippen molar-refractivity contribution in [1.82, 2.24) is 0 Å². The SMILES string of the molecule is Nc1ccc(C(O)C(O)CO)cc1C(=O)c1ccccc1. The quantitative estimate of drug-likeness (QED) is 0.483. The zero-order valence-corrected chi connectivity index (χ0v) is 11.3. The van der Waals surface area contributed by atoms with Crippen LogP contribution in [0.5, 0.6) is 0 Å². The summed E-state index contributed by atoms with van der Waals surface area (Å²) in [7, 11) is 0. The lowest BCUT2D eigenvalue weighted by Gasteiger charge is -2.17. The van der Waals surface area contributed by atoms with Crippen LogP contribution in [0.25, 0.3) is 0 Å². The lowest BCUT2D eigenvalue weighted by Crippen LogP contribution is -2.22. The van der Waals surface area contributed by atoms with Gasteiger partial charge in [0, 0.05) is 16.8 Å². The first kappa shape index (κ1) is 15.2. The van der Waals surface area contributed by atoms with Gasteiger partial charge in [-0.05, 0) is 17.7 Å². The van der Waals surface area contributed by atoms with Crippen molar-refractivity contribution in [1.29, 1.82) is 0 Å². The summed E-state index contributed by atoms with van der Waals surface area (Å²) in [4.78, 5) is 12.4. The van der Waals surface area contributed by atoms with Gasteiger partial charge < -0.3 is 21.1 Å². The molecule has 0 fully saturated rings. The van der Waals surface area contributed by atoms with Crippen molar-refractivity contribution in [2.24, 2.45) is 0 Å². The van der Waals surface area contributed by atoms with E-state index in [0.29, 0.717) is 16.8 Å². The molecule has 0 heterocycles. The van der Waals surface area contributed by atoms with Crippen LogP contribution >= 0.6 is 0 Å². The molecule has 5 nitrogen and oxygen atoms in total. The van der Waals surface area contributed by atoms with Crippen LogP contribution in [0.2, 0.25) is 0 Å². The lowest BCUT2D eigenvalue weighted by atomic mass is 9.96. The largest absolute Gasteiger partial charge is 0.398 e. The Hall–Kier alpha value is -2.21. The number of anilines is 1. The van der Waals surface area contributed by atoms with Crippen LogP contribution in [0, 0.1) is 0 Å². The zero-order chi connectivity index (χ0) is 15.4. The van der Waals surface area contributed by atoms with Gasteiger partial charge in [-0.1, -0.05) is 36.4 Å². The molecule has 21 heavy (non-hydrogen) atoms. The van der Waals surface area contributed by atoms with Crippen molar-refractivity contribution in [3.63, 3.8) is 0 Å². The maximum Gasteiger partial charge on any atom is 0.195 e. The molecular formula is C16H17NO4. The summed E-state index contributed by atoms with van der Waals surface area (Å²) in [6.45, 7) is -0.576. The Labute approximate surface area is 122 Å². The monoisotopic (exact) mass is 287 g/mol. The van der Waals surface area contributed by atoms with Crippen LogP contribution in [0.1, 0.15) is 27.6 Å². The third-order valence-electron chi connectivity index (χ3n) is 3.25. The van der Waals surface area contributed by atoms with Gasteiger partial charge in [0.1, 0.15) is 12.2 Å². The minimum atomic E-state index is -1.31. The number of aliphatic hydroxyl groups is 3. The molecule has 0 saturated heterocycles. The number of ketones is 1. The highest BCUT2D eigenvalue weighted by atomic mass is 16.4. The van der Waals surface area contributed by atoms with Gasteiger partial charge in [0.15, 0.2) is 5.78 Å². The van der Waals surface area contributed by atoms with E-state index in [1.54, 1.807) is 30.3 Å². The normalized spacial score (nSPS) is 13.7. The maximum atomic E-state index is 12.4. The molecule has 0 aromatic heterocycles. The molecule has 0 aliphatic carbocycles. The molecule has 0 saturated carbocycles. The molecule has 2 atom stereocenters. The number of benzene rings is 2. The lowest BCUT2D eigenvalue weighted by molar-refractivity contribution is -0.0152. The number of aliphatic hydroxyl groups excluding tert-OH is 3. The van der Waals surface area contributed by atoms with Crippen molar-refractivity contribution in [2.75, 3.05) is 12.3 Å². The number of rotatable bonds is 5.